The van der Waals surface area contributed by atoms with Crippen molar-refractivity contribution in [2.75, 3.05) is 0 Å². The minimum atomic E-state index is -0.192. The fourth-order valence-corrected chi connectivity index (χ4v) is 12.0. The van der Waals surface area contributed by atoms with Crippen molar-refractivity contribution in [3.8, 4) is 56.4 Å². The number of rotatable bonds is 8. The van der Waals surface area contributed by atoms with E-state index in [0.29, 0.717) is 11.5 Å². The summed E-state index contributed by atoms with van der Waals surface area (Å²) in [5, 5.41) is 24.9. The zero-order chi connectivity index (χ0) is 43.7. The van der Waals surface area contributed by atoms with Crippen LogP contribution in [0.25, 0.3) is 39.0 Å². The van der Waals surface area contributed by atoms with Crippen LogP contribution in [0.15, 0.2) is 108 Å². The smallest absolute Gasteiger partial charge is 0.135 e. The fraction of sp³-hybridized carbons (Fsp3) is 0.400. The largest absolute Gasteiger partial charge is 0.507 e. The van der Waals surface area contributed by atoms with E-state index in [0.717, 1.165) is 144 Å². The Morgan fingerprint density at radius 1 is 0.500 bits per heavy atom. The molecule has 0 radical (unpaired) electrons. The van der Waals surface area contributed by atoms with Crippen LogP contribution < -0.4 is 9.47 Å². The summed E-state index contributed by atoms with van der Waals surface area (Å²) in [4.78, 5) is 0. The van der Waals surface area contributed by atoms with Crippen LogP contribution in [-0.4, -0.2) is 22.4 Å². The molecule has 5 aromatic carbocycles. The molecule has 330 valence electrons. The molecule has 0 aromatic heterocycles. The van der Waals surface area contributed by atoms with Gasteiger partial charge in [0.1, 0.15) is 35.2 Å². The summed E-state index contributed by atoms with van der Waals surface area (Å²) >= 11 is 0. The van der Waals surface area contributed by atoms with Crippen molar-refractivity contribution in [1.29, 1.82) is 0 Å². The molecule has 2 N–H and O–H groups in total. The van der Waals surface area contributed by atoms with E-state index in [9.17, 15) is 10.2 Å². The summed E-state index contributed by atoms with van der Waals surface area (Å²) in [5.74, 6) is 2.16. The second-order valence-electron chi connectivity index (χ2n) is 19.6. The average molecular weight is 851 g/mol. The zero-order valence-corrected chi connectivity index (χ0v) is 38.3. The Balaban J connectivity index is 0.974. The minimum Gasteiger partial charge on any atom is -0.507 e. The van der Waals surface area contributed by atoms with E-state index in [1.807, 2.05) is 36.4 Å². The van der Waals surface area contributed by atoms with Gasteiger partial charge in [0, 0.05) is 33.4 Å². The third-order valence-corrected chi connectivity index (χ3v) is 15.1. The van der Waals surface area contributed by atoms with Crippen molar-refractivity contribution in [1.82, 2.24) is 0 Å². The first-order chi connectivity index (χ1) is 31.3. The number of hydrogen-bond acceptors (Lipinski definition) is 4. The SMILES string of the molecule is C=C1CCCCC/C=C2/CCCCC2=C1c1cc(C)cc(-c2ccccc2OC2CCC[C@H]2Oc2ccccc2-c2cc(C)cc(-c3c4c(cc5c3CCCC5)CCCC4)c2O)c1O. The topological polar surface area (TPSA) is 58.9 Å². The van der Waals surface area contributed by atoms with E-state index in [4.69, 9.17) is 9.47 Å². The van der Waals surface area contributed by atoms with Crippen molar-refractivity contribution in [3.05, 3.63) is 147 Å². The van der Waals surface area contributed by atoms with E-state index < -0.39 is 0 Å². The van der Waals surface area contributed by atoms with Gasteiger partial charge in [0.2, 0.25) is 0 Å². The van der Waals surface area contributed by atoms with E-state index >= 15 is 0 Å². The molecule has 5 aliphatic carbocycles. The third kappa shape index (κ3) is 8.34. The van der Waals surface area contributed by atoms with Crippen LogP contribution in [0.4, 0.5) is 0 Å². The zero-order valence-electron chi connectivity index (χ0n) is 38.3. The molecule has 0 spiro atoms. The Labute approximate surface area is 381 Å². The van der Waals surface area contributed by atoms with Crippen molar-refractivity contribution in [2.45, 2.75) is 154 Å². The molecule has 0 heterocycles. The van der Waals surface area contributed by atoms with Crippen LogP contribution in [-0.2, 0) is 25.7 Å². The van der Waals surface area contributed by atoms with Gasteiger partial charge in [-0.3, -0.25) is 0 Å². The van der Waals surface area contributed by atoms with E-state index in [2.05, 4.69) is 69.0 Å². The van der Waals surface area contributed by atoms with Crippen LogP contribution in [0.1, 0.15) is 142 Å². The second-order valence-corrected chi connectivity index (χ2v) is 19.6. The predicted molar refractivity (Wildman–Crippen MR) is 264 cm³/mol. The Kier molecular flexibility index (Phi) is 12.3. The molecule has 1 unspecified atom stereocenters. The summed E-state index contributed by atoms with van der Waals surface area (Å²) in [6.45, 7) is 8.97. The van der Waals surface area contributed by atoms with Gasteiger partial charge in [-0.15, -0.1) is 0 Å². The maximum Gasteiger partial charge on any atom is 0.135 e. The van der Waals surface area contributed by atoms with Crippen LogP contribution in [0, 0.1) is 13.8 Å². The molecule has 5 aromatic rings. The molecule has 2 atom stereocenters. The second kappa shape index (κ2) is 18.6. The number of phenolic OH excluding ortho intramolecular Hbond substituents is 2. The Morgan fingerprint density at radius 3 is 1.66 bits per heavy atom. The Bertz CT molecular complexity index is 2620. The van der Waals surface area contributed by atoms with Crippen LogP contribution in [0.5, 0.6) is 23.0 Å². The molecule has 2 saturated carbocycles. The lowest BCUT2D eigenvalue weighted by molar-refractivity contribution is 0.0787. The molecular formula is C60H66O4. The molecular weight excluding hydrogens is 785 g/mol. The maximum atomic E-state index is 12.4. The van der Waals surface area contributed by atoms with E-state index in [1.54, 1.807) is 0 Å². The summed E-state index contributed by atoms with van der Waals surface area (Å²) in [7, 11) is 0. The van der Waals surface area contributed by atoms with Gasteiger partial charge in [-0.1, -0.05) is 61.5 Å². The van der Waals surface area contributed by atoms with Gasteiger partial charge in [0.15, 0.2) is 0 Å². The number of para-hydroxylation sites is 2. The molecule has 64 heavy (non-hydrogen) atoms. The van der Waals surface area contributed by atoms with E-state index in [-0.39, 0.29) is 12.2 Å². The Morgan fingerprint density at radius 2 is 1.02 bits per heavy atom. The lowest BCUT2D eigenvalue weighted by Gasteiger charge is -2.29. The van der Waals surface area contributed by atoms with Crippen molar-refractivity contribution in [2.24, 2.45) is 0 Å². The van der Waals surface area contributed by atoms with Gasteiger partial charge in [-0.25, -0.2) is 0 Å². The summed E-state index contributed by atoms with van der Waals surface area (Å²) in [6, 6.07) is 27.5. The van der Waals surface area contributed by atoms with Crippen molar-refractivity contribution in [3.63, 3.8) is 0 Å². The quantitative estimate of drug-likeness (QED) is 0.163. The lowest BCUT2D eigenvalue weighted by atomic mass is 9.76. The number of fused-ring (bicyclic) bond motifs is 3. The number of benzene rings is 5. The number of ether oxygens (including phenoxy) is 2. The standard InChI is InChI=1S/C60H66O4/c1-38-33-49(59(61)51(35-38)57-40(3)19-6-4-5-7-20-41-21-8-11-24-44(41)57)47-27-14-16-29-53(47)63-55-31-18-32-56(55)64-54-30-17-15-28-48(54)50-34-39(2)36-52(60(50)62)58-45-25-12-9-22-42(45)37-43-23-10-13-26-46(43)58/h14-17,20,27-30,33-37,55-56,61-62H,3-13,18-19,21-26,31-32H2,1-2H3/b41-20-,57-44?/t55?,56-/m1/s1. The van der Waals surface area contributed by atoms with Crippen LogP contribution in [0.3, 0.4) is 0 Å². The van der Waals surface area contributed by atoms with Gasteiger partial charge >= 0.3 is 0 Å². The molecule has 4 heteroatoms. The number of aryl methyl sites for hydroxylation is 4. The fourth-order valence-electron chi connectivity index (χ4n) is 12.0. The van der Waals surface area contributed by atoms with E-state index in [1.165, 1.54) is 90.3 Å². The summed E-state index contributed by atoms with van der Waals surface area (Å²) < 4.78 is 14.1. The third-order valence-electron chi connectivity index (χ3n) is 15.1. The number of hydrogen-bond donors (Lipinski definition) is 2. The first kappa shape index (κ1) is 42.5. The average Bonchev–Trinajstić information content (AvgIpc) is 3.75. The molecule has 10 rings (SSSR count). The Hall–Kier alpha value is -5.48. The monoisotopic (exact) mass is 850 g/mol. The molecule has 2 fully saturated rings. The van der Waals surface area contributed by atoms with Crippen LogP contribution >= 0.6 is 0 Å². The maximum absolute atomic E-state index is 12.4. The summed E-state index contributed by atoms with van der Waals surface area (Å²) in [5.41, 5.74) is 19.8. The number of aromatic hydroxyl groups is 2. The van der Waals surface area contributed by atoms with Gasteiger partial charge in [-0.2, -0.15) is 0 Å². The van der Waals surface area contributed by atoms with Crippen molar-refractivity contribution < 1.29 is 19.7 Å². The number of allylic oxidation sites excluding steroid dienone is 5. The minimum absolute atomic E-state index is 0.190. The summed E-state index contributed by atoms with van der Waals surface area (Å²) in [6.07, 6.45) is 24.2. The molecule has 0 bridgehead atoms. The molecule has 5 aliphatic rings. The molecule has 0 amide bonds. The highest BCUT2D eigenvalue weighted by Gasteiger charge is 2.34. The lowest BCUT2D eigenvalue weighted by Crippen LogP contribution is -2.31. The molecule has 0 saturated heterocycles. The van der Waals surface area contributed by atoms with Gasteiger partial charge < -0.3 is 19.7 Å². The molecule has 4 nitrogen and oxygen atoms in total. The normalized spacial score (nSPS) is 21.0. The number of phenols is 2. The van der Waals surface area contributed by atoms with Crippen molar-refractivity contribution >= 4 is 5.57 Å². The van der Waals surface area contributed by atoms with Gasteiger partial charge in [-0.05, 0) is 233 Å². The van der Waals surface area contributed by atoms with Gasteiger partial charge in [0.25, 0.3) is 0 Å². The molecule has 0 aliphatic heterocycles. The highest BCUT2D eigenvalue weighted by atomic mass is 16.5. The van der Waals surface area contributed by atoms with Gasteiger partial charge in [0.05, 0.1) is 0 Å². The van der Waals surface area contributed by atoms with Crippen LogP contribution in [0.2, 0.25) is 0 Å². The highest BCUT2D eigenvalue weighted by molar-refractivity contribution is 5.91. The highest BCUT2D eigenvalue weighted by Crippen LogP contribution is 2.50. The first-order valence-electron chi connectivity index (χ1n) is 24.8. The first-order valence-corrected chi connectivity index (χ1v) is 24.8. The predicted octanol–water partition coefficient (Wildman–Crippen LogP) is 15.6.